The van der Waals surface area contributed by atoms with E-state index in [4.69, 9.17) is 14.2 Å². The molecular formula is C33H39NO5. The van der Waals surface area contributed by atoms with Gasteiger partial charge in [-0.2, -0.15) is 0 Å². The number of piperidine rings is 1. The third kappa shape index (κ3) is 7.39. The molecule has 0 bridgehead atoms. The lowest BCUT2D eigenvalue weighted by molar-refractivity contribution is -0.145. The lowest BCUT2D eigenvalue weighted by Gasteiger charge is -2.39. The molecule has 0 aromatic heterocycles. The lowest BCUT2D eigenvalue weighted by atomic mass is 9.86. The SMILES string of the molecule is CC(C)(C)OC(=O)N1CCC(c2ccc(CCOC(=O)C3CC3)cc2)C(OCc2ccc3ccccc3c2)C1. The first kappa shape index (κ1) is 27.2. The average Bonchev–Trinajstić information content (AvgIpc) is 3.77. The van der Waals surface area contributed by atoms with Gasteiger partial charge in [0.1, 0.15) is 5.60 Å². The second kappa shape index (κ2) is 11.8. The second-order valence-electron chi connectivity index (χ2n) is 11.8. The van der Waals surface area contributed by atoms with Gasteiger partial charge in [-0.25, -0.2) is 4.79 Å². The van der Waals surface area contributed by atoms with Crippen molar-refractivity contribution >= 4 is 22.8 Å². The van der Waals surface area contributed by atoms with Crippen LogP contribution in [0.5, 0.6) is 0 Å². The summed E-state index contributed by atoms with van der Waals surface area (Å²) in [7, 11) is 0. The first-order valence-electron chi connectivity index (χ1n) is 14.1. The molecule has 39 heavy (non-hydrogen) atoms. The highest BCUT2D eigenvalue weighted by molar-refractivity contribution is 5.83. The fourth-order valence-corrected chi connectivity index (χ4v) is 5.13. The Morgan fingerprint density at radius 2 is 1.62 bits per heavy atom. The Hall–Kier alpha value is -3.38. The van der Waals surface area contributed by atoms with Gasteiger partial charge in [0.2, 0.25) is 0 Å². The summed E-state index contributed by atoms with van der Waals surface area (Å²) in [5, 5.41) is 2.39. The van der Waals surface area contributed by atoms with E-state index in [0.29, 0.717) is 32.7 Å². The highest BCUT2D eigenvalue weighted by Crippen LogP contribution is 2.33. The van der Waals surface area contributed by atoms with Gasteiger partial charge in [-0.15, -0.1) is 0 Å². The number of esters is 1. The largest absolute Gasteiger partial charge is 0.465 e. The maximum Gasteiger partial charge on any atom is 0.410 e. The molecule has 1 aliphatic carbocycles. The average molecular weight is 530 g/mol. The number of carbonyl (C=O) groups excluding carboxylic acids is 2. The summed E-state index contributed by atoms with van der Waals surface area (Å²) in [6.45, 7) is 7.65. The number of likely N-dealkylation sites (tertiary alicyclic amines) is 1. The Balaban J connectivity index is 1.26. The molecule has 2 fully saturated rings. The second-order valence-corrected chi connectivity index (χ2v) is 11.8. The summed E-state index contributed by atoms with van der Waals surface area (Å²) >= 11 is 0. The molecular weight excluding hydrogens is 490 g/mol. The lowest BCUT2D eigenvalue weighted by Crippen LogP contribution is -2.48. The fraction of sp³-hybridized carbons (Fsp3) is 0.455. The molecule has 2 aliphatic rings. The van der Waals surface area contributed by atoms with Gasteiger partial charge in [-0.1, -0.05) is 60.7 Å². The molecule has 1 heterocycles. The van der Waals surface area contributed by atoms with Crippen LogP contribution < -0.4 is 0 Å². The number of nitrogens with zero attached hydrogens (tertiary/aromatic N) is 1. The van der Waals surface area contributed by atoms with Crippen molar-refractivity contribution in [1.82, 2.24) is 4.90 Å². The van der Waals surface area contributed by atoms with E-state index in [-0.39, 0.29) is 30.0 Å². The van der Waals surface area contributed by atoms with Crippen LogP contribution in [-0.4, -0.2) is 48.4 Å². The summed E-state index contributed by atoms with van der Waals surface area (Å²) < 4.78 is 17.6. The fourth-order valence-electron chi connectivity index (χ4n) is 5.13. The first-order chi connectivity index (χ1) is 18.7. The number of hydrogen-bond acceptors (Lipinski definition) is 5. The minimum Gasteiger partial charge on any atom is -0.465 e. The van der Waals surface area contributed by atoms with Gasteiger partial charge < -0.3 is 19.1 Å². The zero-order chi connectivity index (χ0) is 27.4. The van der Waals surface area contributed by atoms with E-state index in [1.165, 1.54) is 16.3 Å². The van der Waals surface area contributed by atoms with Crippen molar-refractivity contribution < 1.29 is 23.8 Å². The van der Waals surface area contributed by atoms with E-state index in [0.717, 1.165) is 30.4 Å². The predicted molar refractivity (Wildman–Crippen MR) is 152 cm³/mol. The third-order valence-corrected chi connectivity index (χ3v) is 7.44. The van der Waals surface area contributed by atoms with Crippen LogP contribution >= 0.6 is 0 Å². The highest BCUT2D eigenvalue weighted by Gasteiger charge is 2.35. The molecule has 2 unspecified atom stereocenters. The number of amides is 1. The molecule has 5 rings (SSSR count). The zero-order valence-corrected chi connectivity index (χ0v) is 23.2. The molecule has 0 N–H and O–H groups in total. The molecule has 206 valence electrons. The third-order valence-electron chi connectivity index (χ3n) is 7.44. The van der Waals surface area contributed by atoms with Crippen LogP contribution in [0, 0.1) is 5.92 Å². The predicted octanol–water partition coefficient (Wildman–Crippen LogP) is 6.65. The van der Waals surface area contributed by atoms with E-state index < -0.39 is 5.60 Å². The van der Waals surface area contributed by atoms with Gasteiger partial charge in [0.25, 0.3) is 0 Å². The summed E-state index contributed by atoms with van der Waals surface area (Å²) in [5.41, 5.74) is 2.90. The monoisotopic (exact) mass is 529 g/mol. The van der Waals surface area contributed by atoms with Gasteiger partial charge in [0, 0.05) is 18.9 Å². The van der Waals surface area contributed by atoms with Crippen LogP contribution in [-0.2, 0) is 32.0 Å². The molecule has 1 aliphatic heterocycles. The Labute approximate surface area is 231 Å². The van der Waals surface area contributed by atoms with Crippen LogP contribution in [0.15, 0.2) is 66.7 Å². The smallest absolute Gasteiger partial charge is 0.410 e. The molecule has 3 aromatic carbocycles. The van der Waals surface area contributed by atoms with Crippen LogP contribution in [0.2, 0.25) is 0 Å². The maximum atomic E-state index is 12.9. The topological polar surface area (TPSA) is 65.1 Å². The van der Waals surface area contributed by atoms with Gasteiger partial charge in [0.05, 0.1) is 31.8 Å². The number of ether oxygens (including phenoxy) is 3. The first-order valence-corrected chi connectivity index (χ1v) is 14.1. The molecule has 3 aromatic rings. The van der Waals surface area contributed by atoms with Gasteiger partial charge in [0.15, 0.2) is 0 Å². The molecule has 6 nitrogen and oxygen atoms in total. The van der Waals surface area contributed by atoms with Crippen LogP contribution in [0.1, 0.15) is 62.6 Å². The molecule has 0 spiro atoms. The van der Waals surface area contributed by atoms with Gasteiger partial charge in [-0.05, 0) is 73.6 Å². The van der Waals surface area contributed by atoms with Crippen molar-refractivity contribution in [3.05, 3.63) is 83.4 Å². The minimum absolute atomic E-state index is 0.0604. The Morgan fingerprint density at radius 1 is 0.897 bits per heavy atom. The van der Waals surface area contributed by atoms with Crippen LogP contribution in [0.25, 0.3) is 10.8 Å². The summed E-state index contributed by atoms with van der Waals surface area (Å²) in [6.07, 6.45) is 2.96. The van der Waals surface area contributed by atoms with Crippen LogP contribution in [0.3, 0.4) is 0 Å². The minimum atomic E-state index is -0.543. The van der Waals surface area contributed by atoms with Crippen molar-refractivity contribution in [2.24, 2.45) is 5.92 Å². The molecule has 2 atom stereocenters. The van der Waals surface area contributed by atoms with Crippen LogP contribution in [0.4, 0.5) is 4.79 Å². The maximum absolute atomic E-state index is 12.9. The Bertz CT molecular complexity index is 1290. The van der Waals surface area contributed by atoms with Crippen molar-refractivity contribution in [3.63, 3.8) is 0 Å². The quantitative estimate of drug-likeness (QED) is 0.306. The normalized spacial score (nSPS) is 19.6. The molecule has 6 heteroatoms. The standard InChI is InChI=1S/C33H39NO5/c1-33(2,3)39-32(36)34-18-16-29(26-12-8-23(9-13-26)17-19-37-31(35)27-14-15-27)30(21-34)38-22-24-10-11-25-6-4-5-7-28(25)20-24/h4-13,20,27,29-30H,14-19,21-22H2,1-3H3. The van der Waals surface area contributed by atoms with Gasteiger partial charge in [-0.3, -0.25) is 4.79 Å². The molecule has 1 saturated carbocycles. The number of carbonyl (C=O) groups is 2. The van der Waals surface area contributed by atoms with Crippen molar-refractivity contribution in [2.45, 2.75) is 70.7 Å². The molecule has 1 amide bonds. The van der Waals surface area contributed by atoms with E-state index in [1.807, 2.05) is 32.9 Å². The van der Waals surface area contributed by atoms with E-state index in [2.05, 4.69) is 54.6 Å². The van der Waals surface area contributed by atoms with Crippen molar-refractivity contribution in [2.75, 3.05) is 19.7 Å². The summed E-state index contributed by atoms with van der Waals surface area (Å²) in [5.74, 6) is 0.228. The highest BCUT2D eigenvalue weighted by atomic mass is 16.6. The van der Waals surface area contributed by atoms with E-state index in [9.17, 15) is 9.59 Å². The van der Waals surface area contributed by atoms with Crippen molar-refractivity contribution in [3.8, 4) is 0 Å². The Kier molecular flexibility index (Phi) is 8.22. The molecule has 0 radical (unpaired) electrons. The van der Waals surface area contributed by atoms with E-state index in [1.54, 1.807) is 4.90 Å². The number of benzene rings is 3. The summed E-state index contributed by atoms with van der Waals surface area (Å²) in [6, 6.07) is 23.2. The number of hydrogen-bond donors (Lipinski definition) is 0. The van der Waals surface area contributed by atoms with Crippen molar-refractivity contribution in [1.29, 1.82) is 0 Å². The van der Waals surface area contributed by atoms with E-state index >= 15 is 0 Å². The number of rotatable bonds is 8. The zero-order valence-electron chi connectivity index (χ0n) is 23.2. The molecule has 1 saturated heterocycles. The number of fused-ring (bicyclic) bond motifs is 1. The van der Waals surface area contributed by atoms with Gasteiger partial charge >= 0.3 is 12.1 Å². The Morgan fingerprint density at radius 3 is 2.33 bits per heavy atom. The summed E-state index contributed by atoms with van der Waals surface area (Å²) in [4.78, 5) is 26.4.